The number of ether oxygens (including phenoxy) is 1. The minimum atomic E-state index is 0.156. The Balaban J connectivity index is 1.99. The molecule has 21 heavy (non-hydrogen) atoms. The van der Waals surface area contributed by atoms with E-state index < -0.39 is 0 Å². The van der Waals surface area contributed by atoms with Crippen molar-refractivity contribution in [2.45, 2.75) is 45.9 Å². The molecule has 4 nitrogen and oxygen atoms in total. The predicted octanol–water partition coefficient (Wildman–Crippen LogP) is 3.70. The number of aromatic nitrogens is 2. The third kappa shape index (κ3) is 4.58. The van der Waals surface area contributed by atoms with Gasteiger partial charge in [-0.15, -0.1) is 0 Å². The first-order valence-corrected chi connectivity index (χ1v) is 7.96. The van der Waals surface area contributed by atoms with Gasteiger partial charge in [0.15, 0.2) is 0 Å². The smallest absolute Gasteiger partial charge is 0.134 e. The molecule has 5 heteroatoms. The molecule has 0 aliphatic heterocycles. The second-order valence-electron chi connectivity index (χ2n) is 5.62. The van der Waals surface area contributed by atoms with Crippen molar-refractivity contribution in [2.24, 2.45) is 5.73 Å². The summed E-state index contributed by atoms with van der Waals surface area (Å²) in [5, 5.41) is 4.47. The lowest BCUT2D eigenvalue weighted by molar-refractivity contribution is 0.296. The largest absolute Gasteiger partial charge is 0.486 e. The van der Waals surface area contributed by atoms with E-state index in [1.807, 2.05) is 29.9 Å². The average molecular weight is 352 g/mol. The fourth-order valence-electron chi connectivity index (χ4n) is 2.05. The summed E-state index contributed by atoms with van der Waals surface area (Å²) in [6, 6.07) is 8.59. The van der Waals surface area contributed by atoms with Gasteiger partial charge in [0.05, 0.1) is 10.2 Å². The van der Waals surface area contributed by atoms with Crippen molar-refractivity contribution in [1.82, 2.24) is 9.78 Å². The molecular formula is C16H22BrN3O. The van der Waals surface area contributed by atoms with Gasteiger partial charge in [-0.2, -0.15) is 5.10 Å². The Morgan fingerprint density at radius 3 is 2.62 bits per heavy atom. The van der Waals surface area contributed by atoms with Gasteiger partial charge in [-0.3, -0.25) is 4.68 Å². The average Bonchev–Trinajstić information content (AvgIpc) is 2.86. The van der Waals surface area contributed by atoms with Gasteiger partial charge in [0.25, 0.3) is 0 Å². The molecule has 0 amide bonds. The molecule has 1 heterocycles. The molecule has 0 saturated heterocycles. The number of nitrogens with two attached hydrogens (primary N) is 1. The number of hydrogen-bond acceptors (Lipinski definition) is 3. The number of benzene rings is 1. The summed E-state index contributed by atoms with van der Waals surface area (Å²) >= 11 is 3.55. The maximum Gasteiger partial charge on any atom is 0.134 e. The Hall–Kier alpha value is -1.33. The molecule has 1 aromatic heterocycles. The maximum absolute atomic E-state index is 5.82. The van der Waals surface area contributed by atoms with Gasteiger partial charge in [-0.1, -0.05) is 6.07 Å². The van der Waals surface area contributed by atoms with Crippen molar-refractivity contribution in [3.8, 4) is 5.75 Å². The second-order valence-corrected chi connectivity index (χ2v) is 6.47. The summed E-state index contributed by atoms with van der Waals surface area (Å²) in [7, 11) is 0. The number of halogens is 1. The van der Waals surface area contributed by atoms with Crippen LogP contribution in [0.4, 0.5) is 0 Å². The lowest BCUT2D eigenvalue weighted by Gasteiger charge is -2.10. The molecule has 0 radical (unpaired) electrons. The molecule has 1 atom stereocenters. The van der Waals surface area contributed by atoms with E-state index in [-0.39, 0.29) is 6.04 Å². The Labute approximate surface area is 134 Å². The monoisotopic (exact) mass is 351 g/mol. The van der Waals surface area contributed by atoms with Gasteiger partial charge in [-0.25, -0.2) is 0 Å². The highest BCUT2D eigenvalue weighted by Gasteiger charge is 2.07. The lowest BCUT2D eigenvalue weighted by atomic mass is 10.1. The molecule has 0 aliphatic carbocycles. The van der Waals surface area contributed by atoms with E-state index in [4.69, 9.17) is 10.5 Å². The topological polar surface area (TPSA) is 53.1 Å². The highest BCUT2D eigenvalue weighted by Crippen LogP contribution is 2.27. The van der Waals surface area contributed by atoms with Crippen LogP contribution in [0.25, 0.3) is 0 Å². The Morgan fingerprint density at radius 1 is 1.29 bits per heavy atom. The van der Waals surface area contributed by atoms with Crippen LogP contribution in [0.5, 0.6) is 5.75 Å². The van der Waals surface area contributed by atoms with Crippen molar-refractivity contribution in [3.63, 3.8) is 0 Å². The summed E-state index contributed by atoms with van der Waals surface area (Å²) in [6.45, 7) is 6.67. The highest BCUT2D eigenvalue weighted by molar-refractivity contribution is 9.10. The van der Waals surface area contributed by atoms with E-state index in [1.54, 1.807) is 0 Å². The zero-order valence-electron chi connectivity index (χ0n) is 12.7. The van der Waals surface area contributed by atoms with E-state index in [2.05, 4.69) is 47.0 Å². The second kappa shape index (κ2) is 7.09. The molecule has 0 fully saturated rings. The first kappa shape index (κ1) is 16.0. The van der Waals surface area contributed by atoms with Crippen molar-refractivity contribution in [3.05, 3.63) is 46.2 Å². The van der Waals surface area contributed by atoms with Gasteiger partial charge < -0.3 is 10.5 Å². The van der Waals surface area contributed by atoms with Crippen LogP contribution in [0.3, 0.4) is 0 Å². The number of hydrogen-bond donors (Lipinski definition) is 1. The van der Waals surface area contributed by atoms with Crippen LogP contribution < -0.4 is 10.5 Å². The summed E-state index contributed by atoms with van der Waals surface area (Å²) in [5.74, 6) is 0.822. The minimum Gasteiger partial charge on any atom is -0.486 e. The van der Waals surface area contributed by atoms with Crippen LogP contribution in [0.15, 0.2) is 34.9 Å². The molecule has 2 aromatic rings. The van der Waals surface area contributed by atoms with Crippen molar-refractivity contribution in [1.29, 1.82) is 0 Å². The quantitative estimate of drug-likeness (QED) is 0.863. The van der Waals surface area contributed by atoms with Crippen molar-refractivity contribution < 1.29 is 4.74 Å². The Kier molecular flexibility index (Phi) is 5.42. The molecule has 1 unspecified atom stereocenters. The van der Waals surface area contributed by atoms with E-state index in [1.165, 1.54) is 5.56 Å². The van der Waals surface area contributed by atoms with Crippen LogP contribution in [0.1, 0.15) is 38.1 Å². The van der Waals surface area contributed by atoms with Crippen LogP contribution in [0, 0.1) is 0 Å². The maximum atomic E-state index is 5.82. The Morgan fingerprint density at radius 2 is 2.05 bits per heavy atom. The molecule has 114 valence electrons. The van der Waals surface area contributed by atoms with Crippen LogP contribution in [-0.4, -0.2) is 15.8 Å². The zero-order valence-corrected chi connectivity index (χ0v) is 14.3. The van der Waals surface area contributed by atoms with Crippen molar-refractivity contribution >= 4 is 15.9 Å². The molecular weight excluding hydrogens is 330 g/mol. The standard InChI is InChI=1S/C16H22BrN3O/c1-11(2)20-7-6-14(19-20)10-21-16-5-4-13(8-12(3)18)9-15(16)17/h4-7,9,11-12H,8,10,18H2,1-3H3. The number of nitrogens with zero attached hydrogens (tertiary/aromatic N) is 2. The first-order valence-electron chi connectivity index (χ1n) is 7.16. The molecule has 0 aliphatic rings. The lowest BCUT2D eigenvalue weighted by Crippen LogP contribution is -2.17. The summed E-state index contributed by atoms with van der Waals surface area (Å²) < 4.78 is 8.70. The third-order valence-corrected chi connectivity index (χ3v) is 3.74. The normalized spacial score (nSPS) is 12.7. The van der Waals surface area contributed by atoms with E-state index >= 15 is 0 Å². The first-order chi connectivity index (χ1) is 9.95. The van der Waals surface area contributed by atoms with Gasteiger partial charge in [-0.05, 0) is 66.9 Å². The fraction of sp³-hybridized carbons (Fsp3) is 0.438. The molecule has 0 bridgehead atoms. The fourth-order valence-corrected chi connectivity index (χ4v) is 2.59. The van der Waals surface area contributed by atoms with Crippen molar-refractivity contribution in [2.75, 3.05) is 0 Å². The predicted molar refractivity (Wildman–Crippen MR) is 88.4 cm³/mol. The summed E-state index contributed by atoms with van der Waals surface area (Å²) in [6.07, 6.45) is 2.84. The molecule has 0 saturated carbocycles. The van der Waals surface area contributed by atoms with Gasteiger partial charge >= 0.3 is 0 Å². The zero-order chi connectivity index (χ0) is 15.4. The van der Waals surface area contributed by atoms with E-state index in [0.717, 1.165) is 22.3 Å². The van der Waals surface area contributed by atoms with Crippen LogP contribution >= 0.6 is 15.9 Å². The van der Waals surface area contributed by atoms with E-state index in [0.29, 0.717) is 12.6 Å². The molecule has 0 spiro atoms. The summed E-state index contributed by atoms with van der Waals surface area (Å²) in [5.41, 5.74) is 7.95. The van der Waals surface area contributed by atoms with Gasteiger partial charge in [0.1, 0.15) is 12.4 Å². The Bertz CT molecular complexity index is 593. The molecule has 2 rings (SSSR count). The molecule has 2 N–H and O–H groups in total. The third-order valence-electron chi connectivity index (χ3n) is 3.12. The molecule has 1 aromatic carbocycles. The van der Waals surface area contributed by atoms with E-state index in [9.17, 15) is 0 Å². The summed E-state index contributed by atoms with van der Waals surface area (Å²) in [4.78, 5) is 0. The van der Waals surface area contributed by atoms with Crippen LogP contribution in [0.2, 0.25) is 0 Å². The number of rotatable bonds is 6. The van der Waals surface area contributed by atoms with Gasteiger partial charge in [0, 0.05) is 18.3 Å². The highest BCUT2D eigenvalue weighted by atomic mass is 79.9. The minimum absolute atomic E-state index is 0.156. The SMILES string of the molecule is CC(N)Cc1ccc(OCc2ccn(C(C)C)n2)c(Br)c1. The van der Waals surface area contributed by atoms with Gasteiger partial charge in [0.2, 0.25) is 0 Å². The van der Waals surface area contributed by atoms with Crippen LogP contribution in [-0.2, 0) is 13.0 Å².